The highest BCUT2D eigenvalue weighted by molar-refractivity contribution is 5.95. The van der Waals surface area contributed by atoms with Gasteiger partial charge < -0.3 is 25.5 Å². The third-order valence-corrected chi connectivity index (χ3v) is 7.13. The molecule has 37 heavy (non-hydrogen) atoms. The number of ether oxygens (including phenoxy) is 1. The number of hydrogen-bond donors (Lipinski definition) is 3. The van der Waals surface area contributed by atoms with Crippen LogP contribution in [-0.4, -0.2) is 37.1 Å². The van der Waals surface area contributed by atoms with Crippen LogP contribution >= 0.6 is 0 Å². The number of aliphatic hydroxyl groups is 1. The lowest BCUT2D eigenvalue weighted by molar-refractivity contribution is -0.0499. The number of aromatic nitrogens is 4. The first kappa shape index (κ1) is 23.4. The Labute approximate surface area is 210 Å². The molecule has 2 aliphatic rings. The van der Waals surface area contributed by atoms with Crippen LogP contribution in [0.3, 0.4) is 0 Å². The largest absolute Gasteiger partial charge is 0.435 e. The Balaban J connectivity index is 1.26. The SMILES string of the molecule is NC1(c2ncc(-c3ccc4nc5n(c4c3)CCC5(O)NC(=O)c3cccc(OC(F)F)c3)cn2)CCC1. The van der Waals surface area contributed by atoms with Gasteiger partial charge in [0.1, 0.15) is 11.6 Å². The second-order valence-electron chi connectivity index (χ2n) is 9.57. The van der Waals surface area contributed by atoms with Crippen LogP contribution in [0.2, 0.25) is 0 Å². The molecule has 9 nitrogen and oxygen atoms in total. The van der Waals surface area contributed by atoms with Crippen molar-refractivity contribution in [1.82, 2.24) is 24.8 Å². The van der Waals surface area contributed by atoms with Gasteiger partial charge in [-0.15, -0.1) is 0 Å². The van der Waals surface area contributed by atoms with Crippen molar-refractivity contribution in [3.8, 4) is 16.9 Å². The summed E-state index contributed by atoms with van der Waals surface area (Å²) < 4.78 is 31.3. The minimum absolute atomic E-state index is 0.0769. The lowest BCUT2D eigenvalue weighted by Gasteiger charge is -2.36. The number of imidazole rings is 1. The average molecular weight is 507 g/mol. The third-order valence-electron chi connectivity index (χ3n) is 7.13. The second kappa shape index (κ2) is 8.56. The maximum atomic E-state index is 12.9. The molecule has 1 saturated carbocycles. The van der Waals surface area contributed by atoms with Crippen molar-refractivity contribution >= 4 is 16.9 Å². The number of alkyl halides is 2. The first-order chi connectivity index (χ1) is 17.7. The van der Waals surface area contributed by atoms with Gasteiger partial charge in [-0.05, 0) is 55.2 Å². The van der Waals surface area contributed by atoms with Crippen LogP contribution in [0.25, 0.3) is 22.2 Å². The van der Waals surface area contributed by atoms with Crippen molar-refractivity contribution in [3.05, 3.63) is 72.1 Å². The predicted molar refractivity (Wildman–Crippen MR) is 130 cm³/mol. The molecule has 0 bridgehead atoms. The molecule has 1 amide bonds. The number of nitrogens with two attached hydrogens (primary N) is 1. The number of rotatable bonds is 6. The lowest BCUT2D eigenvalue weighted by Crippen LogP contribution is -2.44. The van der Waals surface area contributed by atoms with E-state index in [1.165, 1.54) is 24.3 Å². The van der Waals surface area contributed by atoms with Crippen molar-refractivity contribution in [3.63, 3.8) is 0 Å². The highest BCUT2D eigenvalue weighted by Gasteiger charge is 2.42. The maximum Gasteiger partial charge on any atom is 0.387 e. The highest BCUT2D eigenvalue weighted by Crippen LogP contribution is 2.38. The molecule has 2 aromatic carbocycles. The Morgan fingerprint density at radius 3 is 2.59 bits per heavy atom. The first-order valence-electron chi connectivity index (χ1n) is 12.0. The van der Waals surface area contributed by atoms with E-state index in [0.29, 0.717) is 23.7 Å². The van der Waals surface area contributed by atoms with Crippen molar-refractivity contribution in [2.24, 2.45) is 5.73 Å². The van der Waals surface area contributed by atoms with Crippen LogP contribution in [0.1, 0.15) is 47.7 Å². The highest BCUT2D eigenvalue weighted by atomic mass is 19.3. The van der Waals surface area contributed by atoms with Gasteiger partial charge in [0.15, 0.2) is 11.5 Å². The topological polar surface area (TPSA) is 128 Å². The molecule has 0 spiro atoms. The Hall–Kier alpha value is -3.96. The van der Waals surface area contributed by atoms with Crippen LogP contribution in [-0.2, 0) is 17.8 Å². The Bertz CT molecular complexity index is 1500. The molecule has 0 saturated heterocycles. The molecule has 4 N–H and O–H groups in total. The Morgan fingerprint density at radius 1 is 1.11 bits per heavy atom. The molecule has 3 heterocycles. The molecule has 1 aliphatic heterocycles. The molecule has 1 unspecified atom stereocenters. The van der Waals surface area contributed by atoms with Crippen LogP contribution < -0.4 is 15.8 Å². The summed E-state index contributed by atoms with van der Waals surface area (Å²) in [6.07, 6.45) is 6.57. The van der Waals surface area contributed by atoms with E-state index in [4.69, 9.17) is 5.73 Å². The van der Waals surface area contributed by atoms with E-state index in [9.17, 15) is 18.7 Å². The minimum Gasteiger partial charge on any atom is -0.435 e. The van der Waals surface area contributed by atoms with Gasteiger partial charge in [0.25, 0.3) is 5.91 Å². The number of aryl methyl sites for hydroxylation is 1. The molecule has 11 heteroatoms. The summed E-state index contributed by atoms with van der Waals surface area (Å²) in [4.78, 5) is 26.4. The van der Waals surface area contributed by atoms with Crippen molar-refractivity contribution < 1.29 is 23.4 Å². The van der Waals surface area contributed by atoms with Crippen LogP contribution in [0, 0.1) is 0 Å². The van der Waals surface area contributed by atoms with E-state index in [1.807, 2.05) is 22.8 Å². The molecule has 190 valence electrons. The number of fused-ring (bicyclic) bond motifs is 3. The van der Waals surface area contributed by atoms with Crippen LogP contribution in [0.5, 0.6) is 5.75 Å². The summed E-state index contributed by atoms with van der Waals surface area (Å²) in [5.74, 6) is 0.174. The summed E-state index contributed by atoms with van der Waals surface area (Å²) in [5, 5.41) is 13.9. The fourth-order valence-electron chi connectivity index (χ4n) is 4.94. The van der Waals surface area contributed by atoms with Gasteiger partial charge >= 0.3 is 6.61 Å². The van der Waals surface area contributed by atoms with Gasteiger partial charge in [0.2, 0.25) is 0 Å². The number of benzene rings is 2. The summed E-state index contributed by atoms with van der Waals surface area (Å²) in [7, 11) is 0. The van der Waals surface area contributed by atoms with Gasteiger partial charge in [-0.25, -0.2) is 15.0 Å². The van der Waals surface area contributed by atoms with E-state index in [-0.39, 0.29) is 17.7 Å². The van der Waals surface area contributed by atoms with E-state index in [1.54, 1.807) is 12.4 Å². The Morgan fingerprint density at radius 2 is 1.89 bits per heavy atom. The van der Waals surface area contributed by atoms with Gasteiger partial charge in [0.05, 0.1) is 16.6 Å². The third kappa shape index (κ3) is 4.09. The van der Waals surface area contributed by atoms with Gasteiger partial charge in [-0.3, -0.25) is 4.79 Å². The molecule has 2 aromatic heterocycles. The standard InChI is InChI=1S/C26H24F2N6O3/c27-24(28)37-18-4-1-3-16(11-18)21(35)33-26(36)9-10-34-20-12-15(5-6-19(20)32-23(26)34)17-13-30-22(31-14-17)25(29)7-2-8-25/h1,3-6,11-14,24,36H,2,7-10,29H2,(H,33,35). The summed E-state index contributed by atoms with van der Waals surface area (Å²) in [5.41, 5.74) is 7.43. The van der Waals surface area contributed by atoms with Gasteiger partial charge in [-0.1, -0.05) is 12.1 Å². The fourth-order valence-corrected chi connectivity index (χ4v) is 4.94. The number of halogens is 2. The van der Waals surface area contributed by atoms with Crippen LogP contribution in [0.15, 0.2) is 54.9 Å². The number of nitrogens with zero attached hydrogens (tertiary/aromatic N) is 4. The molecule has 0 radical (unpaired) electrons. The molecule has 1 aliphatic carbocycles. The van der Waals surface area contributed by atoms with Crippen LogP contribution in [0.4, 0.5) is 8.78 Å². The van der Waals surface area contributed by atoms with Gasteiger partial charge in [-0.2, -0.15) is 8.78 Å². The smallest absolute Gasteiger partial charge is 0.387 e. The number of carbonyl (C=O) groups excluding carboxylic acids is 1. The zero-order chi connectivity index (χ0) is 25.8. The number of hydrogen-bond acceptors (Lipinski definition) is 7. The van der Waals surface area contributed by atoms with Gasteiger partial charge in [0, 0.05) is 36.5 Å². The molecule has 1 atom stereocenters. The molecular formula is C26H24F2N6O3. The van der Waals surface area contributed by atoms with E-state index in [2.05, 4.69) is 25.0 Å². The quantitative estimate of drug-likeness (QED) is 0.342. The second-order valence-corrected chi connectivity index (χ2v) is 9.57. The molecule has 1 fully saturated rings. The van der Waals surface area contributed by atoms with E-state index in [0.717, 1.165) is 35.9 Å². The lowest BCUT2D eigenvalue weighted by atomic mass is 9.77. The number of carbonyl (C=O) groups is 1. The summed E-state index contributed by atoms with van der Waals surface area (Å²) in [6.45, 7) is -2.59. The summed E-state index contributed by atoms with van der Waals surface area (Å²) in [6, 6.07) is 11.1. The summed E-state index contributed by atoms with van der Waals surface area (Å²) >= 11 is 0. The van der Waals surface area contributed by atoms with Crippen molar-refractivity contribution in [2.75, 3.05) is 0 Å². The zero-order valence-corrected chi connectivity index (χ0v) is 19.7. The molecule has 4 aromatic rings. The fraction of sp³-hybridized carbons (Fsp3) is 0.308. The Kier molecular flexibility index (Phi) is 5.42. The number of amides is 1. The molecular weight excluding hydrogens is 482 g/mol. The van der Waals surface area contributed by atoms with E-state index < -0.39 is 23.8 Å². The average Bonchev–Trinajstić information content (AvgIpc) is 3.39. The first-order valence-corrected chi connectivity index (χ1v) is 12.0. The maximum absolute atomic E-state index is 12.9. The monoisotopic (exact) mass is 506 g/mol. The predicted octanol–water partition coefficient (Wildman–Crippen LogP) is 3.41. The normalized spacial score (nSPS) is 20.0. The van der Waals surface area contributed by atoms with Crippen molar-refractivity contribution in [2.45, 2.75) is 50.1 Å². The number of nitrogens with one attached hydrogen (secondary N) is 1. The zero-order valence-electron chi connectivity index (χ0n) is 19.7. The van der Waals surface area contributed by atoms with Crippen molar-refractivity contribution in [1.29, 1.82) is 0 Å². The minimum atomic E-state index is -3.01. The molecule has 6 rings (SSSR count). The van der Waals surface area contributed by atoms with E-state index >= 15 is 0 Å².